The molecule has 2 aliphatic heterocycles. The van der Waals surface area contributed by atoms with E-state index in [1.54, 1.807) is 24.4 Å². The first-order chi connectivity index (χ1) is 15.9. The van der Waals surface area contributed by atoms with Crippen molar-refractivity contribution in [2.45, 2.75) is 44.7 Å². The number of hydrogen-bond donors (Lipinski definition) is 1. The van der Waals surface area contributed by atoms with Gasteiger partial charge < -0.3 is 14.8 Å². The van der Waals surface area contributed by atoms with Gasteiger partial charge in [0.2, 0.25) is 5.91 Å². The standard InChI is InChI=1S/C25H24FN5O2/c1-15-2-7-21(26)24-20(15)10-17(29-25(24)33)4-9-23(32)31-18-5-6-19(31)14-30(13-18)22-8-3-16(11-27)12-28-22/h2-3,7-8,10,12,18-19H,4-6,9,13-14H2,1H3,(H,29,33). The number of halogens is 1. The maximum absolute atomic E-state index is 14.1. The summed E-state index contributed by atoms with van der Waals surface area (Å²) in [5.74, 6) is 0.367. The van der Waals surface area contributed by atoms with E-state index in [4.69, 9.17) is 5.26 Å². The minimum atomic E-state index is -0.536. The first-order valence-corrected chi connectivity index (χ1v) is 11.2. The topological polar surface area (TPSA) is 93.1 Å². The third kappa shape index (κ3) is 3.84. The zero-order valence-electron chi connectivity index (χ0n) is 18.3. The van der Waals surface area contributed by atoms with E-state index in [1.807, 2.05) is 17.9 Å². The zero-order chi connectivity index (χ0) is 23.1. The van der Waals surface area contributed by atoms with Crippen molar-refractivity contribution in [2.24, 2.45) is 0 Å². The Bertz CT molecular complexity index is 1310. The summed E-state index contributed by atoms with van der Waals surface area (Å²) in [5.41, 5.74) is 1.54. The second kappa shape index (κ2) is 8.32. The lowest BCUT2D eigenvalue weighted by molar-refractivity contribution is -0.134. The van der Waals surface area contributed by atoms with E-state index in [1.165, 1.54) is 6.07 Å². The van der Waals surface area contributed by atoms with Crippen LogP contribution in [-0.2, 0) is 11.2 Å². The van der Waals surface area contributed by atoms with Gasteiger partial charge in [0.1, 0.15) is 17.7 Å². The van der Waals surface area contributed by atoms with Gasteiger partial charge in [0.05, 0.1) is 10.9 Å². The molecule has 4 heterocycles. The Morgan fingerprint density at radius 1 is 1.24 bits per heavy atom. The minimum Gasteiger partial charge on any atom is -0.352 e. The Kier molecular flexibility index (Phi) is 5.33. The highest BCUT2D eigenvalue weighted by Gasteiger charge is 2.42. The van der Waals surface area contributed by atoms with E-state index >= 15 is 0 Å². The predicted molar refractivity (Wildman–Crippen MR) is 122 cm³/mol. The molecule has 1 N–H and O–H groups in total. The van der Waals surface area contributed by atoms with Gasteiger partial charge in [0, 0.05) is 43.5 Å². The van der Waals surface area contributed by atoms with E-state index in [-0.39, 0.29) is 29.8 Å². The van der Waals surface area contributed by atoms with Crippen LogP contribution in [0.15, 0.2) is 41.3 Å². The maximum atomic E-state index is 14.1. The van der Waals surface area contributed by atoms with Crippen LogP contribution in [-0.4, -0.2) is 45.9 Å². The number of nitrogens with zero attached hydrogens (tertiary/aromatic N) is 4. The highest BCUT2D eigenvalue weighted by molar-refractivity contribution is 5.85. The van der Waals surface area contributed by atoms with Crippen LogP contribution in [0.2, 0.25) is 0 Å². The second-order valence-electron chi connectivity index (χ2n) is 8.88. The average molecular weight is 445 g/mol. The maximum Gasteiger partial charge on any atom is 0.259 e. The number of fused-ring (bicyclic) bond motifs is 3. The number of aromatic amines is 1. The Morgan fingerprint density at radius 2 is 2.00 bits per heavy atom. The number of aryl methyl sites for hydroxylation is 2. The zero-order valence-corrected chi connectivity index (χ0v) is 18.3. The van der Waals surface area contributed by atoms with Crippen molar-refractivity contribution >= 4 is 22.5 Å². The smallest absolute Gasteiger partial charge is 0.259 e. The highest BCUT2D eigenvalue weighted by atomic mass is 19.1. The Morgan fingerprint density at radius 3 is 2.67 bits per heavy atom. The van der Waals surface area contributed by atoms with Gasteiger partial charge in [-0.1, -0.05) is 6.07 Å². The normalized spacial score (nSPS) is 19.7. The molecule has 2 fully saturated rings. The highest BCUT2D eigenvalue weighted by Crippen LogP contribution is 2.33. The van der Waals surface area contributed by atoms with E-state index in [0.29, 0.717) is 36.2 Å². The Labute approximate surface area is 190 Å². The van der Waals surface area contributed by atoms with Gasteiger partial charge in [0.15, 0.2) is 0 Å². The molecule has 0 radical (unpaired) electrons. The molecule has 2 atom stereocenters. The number of piperazine rings is 1. The number of anilines is 1. The van der Waals surface area contributed by atoms with Crippen molar-refractivity contribution in [3.8, 4) is 6.07 Å². The third-order valence-electron chi connectivity index (χ3n) is 6.81. The summed E-state index contributed by atoms with van der Waals surface area (Å²) in [4.78, 5) is 36.9. The summed E-state index contributed by atoms with van der Waals surface area (Å²) in [7, 11) is 0. The number of hydrogen-bond acceptors (Lipinski definition) is 5. The number of H-pyrrole nitrogens is 1. The lowest BCUT2D eigenvalue weighted by Gasteiger charge is -2.41. The molecule has 7 nitrogen and oxygen atoms in total. The fourth-order valence-corrected chi connectivity index (χ4v) is 5.17. The summed E-state index contributed by atoms with van der Waals surface area (Å²) in [6.45, 7) is 3.27. The third-order valence-corrected chi connectivity index (χ3v) is 6.81. The number of nitrogens with one attached hydrogen (secondary N) is 1. The first kappa shape index (κ1) is 21.1. The molecular weight excluding hydrogens is 421 g/mol. The quantitative estimate of drug-likeness (QED) is 0.666. The number of nitriles is 1. The fourth-order valence-electron chi connectivity index (χ4n) is 5.17. The van der Waals surface area contributed by atoms with Gasteiger partial charge in [-0.15, -0.1) is 0 Å². The summed E-state index contributed by atoms with van der Waals surface area (Å²) in [5, 5.41) is 9.62. The van der Waals surface area contributed by atoms with Crippen molar-refractivity contribution in [1.29, 1.82) is 5.26 Å². The SMILES string of the molecule is Cc1ccc(F)c2c(=O)[nH]c(CCC(=O)N3C4CCC3CN(c3ccc(C#N)cn3)C4)cc12. The molecule has 2 aliphatic rings. The number of carbonyl (C=O) groups excluding carboxylic acids is 1. The van der Waals surface area contributed by atoms with Gasteiger partial charge in [-0.05, 0) is 61.4 Å². The van der Waals surface area contributed by atoms with Crippen LogP contribution in [0, 0.1) is 24.1 Å². The van der Waals surface area contributed by atoms with E-state index in [0.717, 1.165) is 24.2 Å². The van der Waals surface area contributed by atoms with Crippen molar-refractivity contribution in [3.63, 3.8) is 0 Å². The number of aromatic nitrogens is 2. The van der Waals surface area contributed by atoms with Crippen LogP contribution in [0.1, 0.15) is 36.1 Å². The molecule has 0 aliphatic carbocycles. The summed E-state index contributed by atoms with van der Waals surface area (Å²) >= 11 is 0. The molecule has 0 saturated carbocycles. The van der Waals surface area contributed by atoms with Crippen molar-refractivity contribution in [1.82, 2.24) is 14.9 Å². The number of benzene rings is 1. The molecule has 2 unspecified atom stereocenters. The second-order valence-corrected chi connectivity index (χ2v) is 8.88. The molecule has 0 spiro atoms. The van der Waals surface area contributed by atoms with Crippen LogP contribution < -0.4 is 10.5 Å². The Balaban J connectivity index is 1.28. The average Bonchev–Trinajstić information content (AvgIpc) is 3.09. The van der Waals surface area contributed by atoms with Crippen LogP contribution in [0.25, 0.3) is 10.8 Å². The largest absolute Gasteiger partial charge is 0.352 e. The Hall–Kier alpha value is -3.73. The molecule has 2 saturated heterocycles. The van der Waals surface area contributed by atoms with Gasteiger partial charge in [-0.2, -0.15) is 5.26 Å². The van der Waals surface area contributed by atoms with E-state index < -0.39 is 11.4 Å². The van der Waals surface area contributed by atoms with E-state index in [2.05, 4.69) is 20.9 Å². The molecule has 8 heteroatoms. The number of amides is 1. The molecule has 2 bridgehead atoms. The summed E-state index contributed by atoms with van der Waals surface area (Å²) in [6.07, 6.45) is 4.17. The summed E-state index contributed by atoms with van der Waals surface area (Å²) in [6, 6.07) is 10.7. The van der Waals surface area contributed by atoms with Crippen molar-refractivity contribution in [2.75, 3.05) is 18.0 Å². The molecule has 3 aromatic rings. The van der Waals surface area contributed by atoms with Crippen molar-refractivity contribution in [3.05, 3.63) is 69.5 Å². The van der Waals surface area contributed by atoms with Gasteiger partial charge in [-0.25, -0.2) is 9.37 Å². The molecular formula is C25H24FN5O2. The summed E-state index contributed by atoms with van der Waals surface area (Å²) < 4.78 is 14.1. The fraction of sp³-hybridized carbons (Fsp3) is 0.360. The van der Waals surface area contributed by atoms with Gasteiger partial charge >= 0.3 is 0 Å². The van der Waals surface area contributed by atoms with Crippen LogP contribution in [0.3, 0.4) is 0 Å². The van der Waals surface area contributed by atoms with Crippen LogP contribution >= 0.6 is 0 Å². The minimum absolute atomic E-state index is 0.0654. The molecule has 1 amide bonds. The molecule has 1 aromatic carbocycles. The van der Waals surface area contributed by atoms with Crippen LogP contribution in [0.5, 0.6) is 0 Å². The first-order valence-electron chi connectivity index (χ1n) is 11.2. The molecule has 5 rings (SSSR count). The van der Waals surface area contributed by atoms with Crippen LogP contribution in [0.4, 0.5) is 10.2 Å². The van der Waals surface area contributed by atoms with E-state index in [9.17, 15) is 14.0 Å². The monoisotopic (exact) mass is 445 g/mol. The number of pyridine rings is 2. The number of rotatable bonds is 4. The molecule has 2 aromatic heterocycles. The lowest BCUT2D eigenvalue weighted by Crippen LogP contribution is -2.56. The number of carbonyl (C=O) groups is 1. The molecule has 168 valence electrons. The molecule has 33 heavy (non-hydrogen) atoms. The predicted octanol–water partition coefficient (Wildman–Crippen LogP) is 3.05. The lowest BCUT2D eigenvalue weighted by atomic mass is 10.0. The van der Waals surface area contributed by atoms with Gasteiger partial charge in [-0.3, -0.25) is 9.59 Å². The van der Waals surface area contributed by atoms with Crippen molar-refractivity contribution < 1.29 is 9.18 Å². The van der Waals surface area contributed by atoms with Gasteiger partial charge in [0.25, 0.3) is 5.56 Å².